The molecule has 1 amide bonds. The molecule has 1 heterocycles. The zero-order valence-electron chi connectivity index (χ0n) is 11.1. The number of allylic oxidation sites excluding steroid dienone is 3. The highest BCUT2D eigenvalue weighted by Gasteiger charge is 2.62. The monoisotopic (exact) mass is 258 g/mol. The predicted molar refractivity (Wildman–Crippen MR) is 74.8 cm³/mol. The molecule has 0 bridgehead atoms. The Morgan fingerprint density at radius 2 is 2.16 bits per heavy atom. The number of ketones is 1. The van der Waals surface area contributed by atoms with Gasteiger partial charge in [-0.1, -0.05) is 32.2 Å². The van der Waals surface area contributed by atoms with Crippen LogP contribution in [0, 0.1) is 5.41 Å². The van der Waals surface area contributed by atoms with E-state index >= 15 is 0 Å². The maximum Gasteiger partial charge on any atom is 0.210 e. The SMILES string of the molecule is C=C/C=C\C(=NC=C)C(=O)C1CC2(C)CC2N1C=O. The molecule has 0 spiro atoms. The first-order valence-corrected chi connectivity index (χ1v) is 6.32. The number of likely N-dealkylation sites (tertiary alicyclic amines) is 1. The summed E-state index contributed by atoms with van der Waals surface area (Å²) in [5, 5.41) is 0. The van der Waals surface area contributed by atoms with Crippen molar-refractivity contribution in [2.45, 2.75) is 31.8 Å². The average molecular weight is 258 g/mol. The first-order chi connectivity index (χ1) is 9.07. The second-order valence-corrected chi connectivity index (χ2v) is 5.30. The topological polar surface area (TPSA) is 49.7 Å². The van der Waals surface area contributed by atoms with Gasteiger partial charge in [0.1, 0.15) is 5.71 Å². The Kier molecular flexibility index (Phi) is 3.51. The fourth-order valence-electron chi connectivity index (χ4n) is 2.82. The van der Waals surface area contributed by atoms with E-state index < -0.39 is 6.04 Å². The lowest BCUT2D eigenvalue weighted by atomic mass is 9.97. The highest BCUT2D eigenvalue weighted by Crippen LogP contribution is 2.58. The van der Waals surface area contributed by atoms with Gasteiger partial charge in [0.05, 0.1) is 6.04 Å². The van der Waals surface area contributed by atoms with E-state index in [4.69, 9.17) is 0 Å². The van der Waals surface area contributed by atoms with Gasteiger partial charge >= 0.3 is 0 Å². The van der Waals surface area contributed by atoms with Crippen molar-refractivity contribution in [3.63, 3.8) is 0 Å². The van der Waals surface area contributed by atoms with Crippen molar-refractivity contribution in [3.05, 3.63) is 37.6 Å². The number of piperidine rings is 1. The first kappa shape index (κ1) is 13.5. The molecule has 0 radical (unpaired) electrons. The summed E-state index contributed by atoms with van der Waals surface area (Å²) in [4.78, 5) is 29.3. The molecule has 2 rings (SSSR count). The summed E-state index contributed by atoms with van der Waals surface area (Å²) < 4.78 is 0. The standard InChI is InChI=1S/C15H18N2O2/c1-4-6-7-11(16-5-2)14(19)12-8-15(3)9-13(15)17(12)10-18/h4-7,10,12-13H,1-2,8-9H2,3H3/b7-6-,16-11?. The van der Waals surface area contributed by atoms with Crippen molar-refractivity contribution in [3.8, 4) is 0 Å². The summed E-state index contributed by atoms with van der Waals surface area (Å²) in [5.41, 5.74) is 0.430. The van der Waals surface area contributed by atoms with Gasteiger partial charge in [0.15, 0.2) is 0 Å². The molecular weight excluding hydrogens is 240 g/mol. The second-order valence-electron chi connectivity index (χ2n) is 5.30. The van der Waals surface area contributed by atoms with Gasteiger partial charge in [-0.25, -0.2) is 0 Å². The number of carbonyl (C=O) groups excluding carboxylic acids is 2. The number of hydrogen-bond acceptors (Lipinski definition) is 3. The molecule has 3 atom stereocenters. The number of carbonyl (C=O) groups is 2. The van der Waals surface area contributed by atoms with Gasteiger partial charge in [-0.05, 0) is 24.3 Å². The van der Waals surface area contributed by atoms with Crippen LogP contribution in [0.5, 0.6) is 0 Å². The van der Waals surface area contributed by atoms with Crippen molar-refractivity contribution in [2.75, 3.05) is 0 Å². The molecular formula is C15H18N2O2. The normalized spacial score (nSPS) is 33.1. The van der Waals surface area contributed by atoms with Crippen LogP contribution in [0.1, 0.15) is 19.8 Å². The molecule has 100 valence electrons. The molecule has 2 aliphatic rings. The number of nitrogens with zero attached hydrogens (tertiary/aromatic N) is 2. The zero-order valence-corrected chi connectivity index (χ0v) is 11.1. The van der Waals surface area contributed by atoms with Crippen molar-refractivity contribution < 1.29 is 9.59 Å². The summed E-state index contributed by atoms with van der Waals surface area (Å²) in [6.07, 6.45) is 8.67. The summed E-state index contributed by atoms with van der Waals surface area (Å²) in [6.45, 7) is 9.19. The third-order valence-corrected chi connectivity index (χ3v) is 3.98. The summed E-state index contributed by atoms with van der Waals surface area (Å²) in [7, 11) is 0. The molecule has 4 nitrogen and oxygen atoms in total. The van der Waals surface area contributed by atoms with E-state index in [2.05, 4.69) is 25.1 Å². The third-order valence-electron chi connectivity index (χ3n) is 3.98. The average Bonchev–Trinajstić information content (AvgIpc) is 2.97. The Bertz CT molecular complexity index is 492. The number of aliphatic imine (C=N–C) groups is 1. The van der Waals surface area contributed by atoms with Crippen LogP contribution >= 0.6 is 0 Å². The summed E-state index contributed by atoms with van der Waals surface area (Å²) >= 11 is 0. The molecule has 19 heavy (non-hydrogen) atoms. The molecule has 1 aliphatic heterocycles. The fraction of sp³-hybridized carbons (Fsp3) is 0.400. The van der Waals surface area contributed by atoms with E-state index in [9.17, 15) is 9.59 Å². The van der Waals surface area contributed by atoms with Crippen LogP contribution in [0.4, 0.5) is 0 Å². The van der Waals surface area contributed by atoms with E-state index in [1.54, 1.807) is 23.1 Å². The number of rotatable bonds is 6. The molecule has 1 aliphatic carbocycles. The van der Waals surface area contributed by atoms with Crippen LogP contribution in [0.3, 0.4) is 0 Å². The Balaban J connectivity index is 2.20. The predicted octanol–water partition coefficient (Wildman–Crippen LogP) is 1.89. The fourth-order valence-corrected chi connectivity index (χ4v) is 2.82. The van der Waals surface area contributed by atoms with Crippen molar-refractivity contribution >= 4 is 17.9 Å². The van der Waals surface area contributed by atoms with Gasteiger partial charge in [-0.15, -0.1) is 0 Å². The van der Waals surface area contributed by atoms with Crippen LogP contribution in [-0.4, -0.2) is 34.9 Å². The van der Waals surface area contributed by atoms with Gasteiger partial charge in [-0.3, -0.25) is 14.6 Å². The lowest BCUT2D eigenvalue weighted by Crippen LogP contribution is -2.41. The van der Waals surface area contributed by atoms with Crippen LogP contribution in [0.25, 0.3) is 0 Å². The highest BCUT2D eigenvalue weighted by atomic mass is 16.2. The zero-order chi connectivity index (χ0) is 14.0. The first-order valence-electron chi connectivity index (χ1n) is 6.32. The summed E-state index contributed by atoms with van der Waals surface area (Å²) in [5.74, 6) is -0.126. The van der Waals surface area contributed by atoms with E-state index in [1.165, 1.54) is 6.20 Å². The smallest absolute Gasteiger partial charge is 0.210 e. The number of Topliss-reactive ketones (excluding diaryl/α,β-unsaturated/α-hetero) is 1. The Morgan fingerprint density at radius 1 is 1.42 bits per heavy atom. The van der Waals surface area contributed by atoms with Crippen molar-refractivity contribution in [1.29, 1.82) is 0 Å². The molecule has 0 aromatic carbocycles. The van der Waals surface area contributed by atoms with Crippen LogP contribution < -0.4 is 0 Å². The summed E-state index contributed by atoms with van der Waals surface area (Å²) in [6, 6.07) is -0.179. The van der Waals surface area contributed by atoms with E-state index in [0.29, 0.717) is 12.1 Å². The third kappa shape index (κ3) is 2.30. The highest BCUT2D eigenvalue weighted by molar-refractivity contribution is 6.46. The van der Waals surface area contributed by atoms with E-state index in [-0.39, 0.29) is 17.2 Å². The minimum Gasteiger partial charge on any atom is -0.331 e. The molecule has 3 unspecified atom stereocenters. The quantitative estimate of drug-likeness (QED) is 0.415. The van der Waals surface area contributed by atoms with Gasteiger partial charge in [0, 0.05) is 12.2 Å². The molecule has 0 aromatic heterocycles. The van der Waals surface area contributed by atoms with Crippen LogP contribution in [0.2, 0.25) is 0 Å². The van der Waals surface area contributed by atoms with Gasteiger partial charge < -0.3 is 4.90 Å². The van der Waals surface area contributed by atoms with Crippen LogP contribution in [0.15, 0.2) is 42.6 Å². The Morgan fingerprint density at radius 3 is 2.74 bits per heavy atom. The minimum absolute atomic E-state index is 0.114. The molecule has 1 saturated carbocycles. The number of hydrogen-bond donors (Lipinski definition) is 0. The number of fused-ring (bicyclic) bond motifs is 1. The molecule has 0 aromatic rings. The van der Waals surface area contributed by atoms with E-state index in [1.807, 2.05) is 0 Å². The molecule has 1 saturated heterocycles. The lowest BCUT2D eigenvalue weighted by molar-refractivity contribution is -0.127. The molecule has 2 fully saturated rings. The van der Waals surface area contributed by atoms with E-state index in [0.717, 1.165) is 12.8 Å². The maximum atomic E-state index is 12.5. The van der Waals surface area contributed by atoms with Crippen molar-refractivity contribution in [1.82, 2.24) is 4.90 Å². The Labute approximate surface area is 113 Å². The van der Waals surface area contributed by atoms with Crippen molar-refractivity contribution in [2.24, 2.45) is 10.4 Å². The Hall–Kier alpha value is -1.97. The molecule has 0 N–H and O–H groups in total. The number of amides is 1. The lowest BCUT2D eigenvalue weighted by Gasteiger charge is -2.21. The van der Waals surface area contributed by atoms with Gasteiger partial charge in [-0.2, -0.15) is 0 Å². The largest absolute Gasteiger partial charge is 0.331 e. The van der Waals surface area contributed by atoms with Crippen LogP contribution in [-0.2, 0) is 9.59 Å². The van der Waals surface area contributed by atoms with Gasteiger partial charge in [0.2, 0.25) is 12.2 Å². The second kappa shape index (κ2) is 4.96. The molecule has 4 heteroatoms. The minimum atomic E-state index is -0.394. The maximum absolute atomic E-state index is 12.5. The van der Waals surface area contributed by atoms with Gasteiger partial charge in [0.25, 0.3) is 0 Å².